The highest BCUT2D eigenvalue weighted by Crippen LogP contribution is 2.30. The molecule has 1 aliphatic rings. The van der Waals surface area contributed by atoms with E-state index in [4.69, 9.17) is 4.74 Å². The number of hydrogen-bond acceptors (Lipinski definition) is 3. The van der Waals surface area contributed by atoms with Crippen LogP contribution >= 0.6 is 0 Å². The van der Waals surface area contributed by atoms with Gasteiger partial charge in [0.05, 0.1) is 11.3 Å². The first-order chi connectivity index (χ1) is 8.43. The van der Waals surface area contributed by atoms with E-state index < -0.39 is 11.9 Å². The molecule has 1 heterocycles. The molecule has 2 N–H and O–H groups in total. The molecule has 0 aromatic carbocycles. The molecule has 0 saturated carbocycles. The van der Waals surface area contributed by atoms with Crippen LogP contribution in [-0.4, -0.2) is 33.8 Å². The van der Waals surface area contributed by atoms with Gasteiger partial charge in [0.1, 0.15) is 11.7 Å². The molecule has 0 amide bonds. The van der Waals surface area contributed by atoms with Crippen LogP contribution in [0.1, 0.15) is 49.8 Å². The monoisotopic (exact) mass is 252 g/mol. The largest absolute Gasteiger partial charge is 0.481 e. The van der Waals surface area contributed by atoms with Gasteiger partial charge in [-0.3, -0.25) is 4.79 Å². The summed E-state index contributed by atoms with van der Waals surface area (Å²) in [6.45, 7) is 3.98. The van der Waals surface area contributed by atoms with Crippen molar-refractivity contribution in [2.45, 2.75) is 51.0 Å². The molecule has 5 nitrogen and oxygen atoms in total. The molecule has 0 spiro atoms. The van der Waals surface area contributed by atoms with Crippen molar-refractivity contribution in [2.24, 2.45) is 0 Å². The molecular weight excluding hydrogens is 232 g/mol. The van der Waals surface area contributed by atoms with Crippen LogP contribution in [0.15, 0.2) is 0 Å². The van der Waals surface area contributed by atoms with E-state index in [1.807, 2.05) is 13.8 Å². The SMILES string of the molecule is COC(C)(C)Cc1nc2c([nH]1)CCCC2C(=O)O. The molecule has 1 aliphatic carbocycles. The second-order valence-corrected chi connectivity index (χ2v) is 5.47. The van der Waals surface area contributed by atoms with Crippen LogP contribution in [0.4, 0.5) is 0 Å². The Morgan fingerprint density at radius 3 is 2.94 bits per heavy atom. The lowest BCUT2D eigenvalue weighted by Crippen LogP contribution is -2.26. The number of H-pyrrole nitrogens is 1. The van der Waals surface area contributed by atoms with Crippen molar-refractivity contribution in [3.05, 3.63) is 17.2 Å². The molecule has 1 unspecified atom stereocenters. The number of carboxylic acid groups (broad SMARTS) is 1. The summed E-state index contributed by atoms with van der Waals surface area (Å²) < 4.78 is 5.37. The third-order valence-corrected chi connectivity index (χ3v) is 3.55. The molecule has 5 heteroatoms. The van der Waals surface area contributed by atoms with Crippen molar-refractivity contribution in [1.82, 2.24) is 9.97 Å². The molecule has 0 bridgehead atoms. The summed E-state index contributed by atoms with van der Waals surface area (Å²) in [7, 11) is 1.67. The van der Waals surface area contributed by atoms with Crippen LogP contribution in [0.3, 0.4) is 0 Å². The standard InChI is InChI=1S/C13H20N2O3/c1-13(2,18-3)7-10-14-9-6-4-5-8(12(16)17)11(9)15-10/h8H,4-7H2,1-3H3,(H,14,15)(H,16,17). The van der Waals surface area contributed by atoms with Gasteiger partial charge in [-0.1, -0.05) is 0 Å². The number of carboxylic acids is 1. The molecule has 0 radical (unpaired) electrons. The highest BCUT2D eigenvalue weighted by atomic mass is 16.5. The maximum atomic E-state index is 11.2. The van der Waals surface area contributed by atoms with Gasteiger partial charge >= 0.3 is 5.97 Å². The van der Waals surface area contributed by atoms with E-state index in [9.17, 15) is 9.90 Å². The van der Waals surface area contributed by atoms with Crippen molar-refractivity contribution in [3.63, 3.8) is 0 Å². The summed E-state index contributed by atoms with van der Waals surface area (Å²) in [6.07, 6.45) is 3.13. The number of carbonyl (C=O) groups is 1. The average Bonchev–Trinajstić information content (AvgIpc) is 2.69. The zero-order valence-electron chi connectivity index (χ0n) is 11.1. The van der Waals surface area contributed by atoms with Crippen molar-refractivity contribution < 1.29 is 14.6 Å². The van der Waals surface area contributed by atoms with Crippen molar-refractivity contribution in [1.29, 1.82) is 0 Å². The van der Waals surface area contributed by atoms with Gasteiger partial charge in [-0.25, -0.2) is 4.98 Å². The Kier molecular flexibility index (Phi) is 3.43. The Labute approximate surface area is 107 Å². The third-order valence-electron chi connectivity index (χ3n) is 3.55. The Morgan fingerprint density at radius 2 is 2.33 bits per heavy atom. The van der Waals surface area contributed by atoms with Crippen LogP contribution in [0.25, 0.3) is 0 Å². The first-order valence-corrected chi connectivity index (χ1v) is 6.28. The van der Waals surface area contributed by atoms with E-state index in [-0.39, 0.29) is 5.60 Å². The molecule has 100 valence electrons. The molecule has 1 aromatic rings. The zero-order chi connectivity index (χ0) is 13.3. The molecule has 0 fully saturated rings. The Balaban J connectivity index is 2.25. The lowest BCUT2D eigenvalue weighted by Gasteiger charge is -2.21. The number of nitrogens with one attached hydrogen (secondary N) is 1. The van der Waals surface area contributed by atoms with Gasteiger partial charge in [0.25, 0.3) is 0 Å². The number of fused-ring (bicyclic) bond motifs is 1. The first-order valence-electron chi connectivity index (χ1n) is 6.28. The van der Waals surface area contributed by atoms with Crippen molar-refractivity contribution in [3.8, 4) is 0 Å². The van der Waals surface area contributed by atoms with E-state index in [1.165, 1.54) is 0 Å². The number of rotatable bonds is 4. The smallest absolute Gasteiger partial charge is 0.312 e. The highest BCUT2D eigenvalue weighted by Gasteiger charge is 2.30. The summed E-state index contributed by atoms with van der Waals surface area (Å²) in [5, 5.41) is 9.19. The van der Waals surface area contributed by atoms with E-state index in [0.29, 0.717) is 12.8 Å². The van der Waals surface area contributed by atoms with Crippen molar-refractivity contribution >= 4 is 5.97 Å². The summed E-state index contributed by atoms with van der Waals surface area (Å²) in [5.41, 5.74) is 1.41. The topological polar surface area (TPSA) is 75.2 Å². The fourth-order valence-corrected chi connectivity index (χ4v) is 2.38. The minimum Gasteiger partial charge on any atom is -0.481 e. The predicted molar refractivity (Wildman–Crippen MR) is 66.7 cm³/mol. The maximum absolute atomic E-state index is 11.2. The van der Waals surface area contributed by atoms with Crippen LogP contribution in [0.2, 0.25) is 0 Å². The number of nitrogens with zero attached hydrogens (tertiary/aromatic N) is 1. The number of imidazole rings is 1. The number of hydrogen-bond donors (Lipinski definition) is 2. The lowest BCUT2D eigenvalue weighted by atomic mass is 9.90. The predicted octanol–water partition coefficient (Wildman–Crippen LogP) is 1.88. The van der Waals surface area contributed by atoms with Crippen LogP contribution in [0, 0.1) is 0 Å². The molecule has 1 atom stereocenters. The summed E-state index contributed by atoms with van der Waals surface area (Å²) in [6, 6.07) is 0. The van der Waals surface area contributed by atoms with Gasteiger partial charge in [-0.05, 0) is 33.1 Å². The van der Waals surface area contributed by atoms with Gasteiger partial charge in [-0.15, -0.1) is 0 Å². The second-order valence-electron chi connectivity index (χ2n) is 5.47. The fraction of sp³-hybridized carbons (Fsp3) is 0.692. The molecule has 18 heavy (non-hydrogen) atoms. The summed E-state index contributed by atoms with van der Waals surface area (Å²) >= 11 is 0. The average molecular weight is 252 g/mol. The van der Waals surface area contributed by atoms with Gasteiger partial charge in [0, 0.05) is 19.2 Å². The van der Waals surface area contributed by atoms with Crippen LogP contribution < -0.4 is 0 Å². The normalized spacial score (nSPS) is 19.6. The van der Waals surface area contributed by atoms with E-state index in [1.54, 1.807) is 7.11 Å². The van der Waals surface area contributed by atoms with Gasteiger partial charge < -0.3 is 14.8 Å². The van der Waals surface area contributed by atoms with Crippen LogP contribution in [-0.2, 0) is 22.4 Å². The van der Waals surface area contributed by atoms with Gasteiger partial charge in [-0.2, -0.15) is 0 Å². The third kappa shape index (κ3) is 2.56. The minimum atomic E-state index is -0.778. The fourth-order valence-electron chi connectivity index (χ4n) is 2.38. The lowest BCUT2D eigenvalue weighted by molar-refractivity contribution is -0.139. The molecule has 0 aliphatic heterocycles. The summed E-state index contributed by atoms with van der Waals surface area (Å²) in [5.74, 6) is -0.413. The first kappa shape index (κ1) is 13.1. The Bertz CT molecular complexity index is 451. The minimum absolute atomic E-state index is 0.292. The van der Waals surface area contributed by atoms with Gasteiger partial charge in [0.2, 0.25) is 0 Å². The second kappa shape index (κ2) is 4.72. The number of aryl methyl sites for hydroxylation is 1. The number of aromatic amines is 1. The number of aromatic nitrogens is 2. The quantitative estimate of drug-likeness (QED) is 0.858. The van der Waals surface area contributed by atoms with Gasteiger partial charge in [0.15, 0.2) is 0 Å². The summed E-state index contributed by atoms with van der Waals surface area (Å²) in [4.78, 5) is 18.9. The van der Waals surface area contributed by atoms with E-state index in [0.717, 1.165) is 30.1 Å². The Hall–Kier alpha value is -1.36. The molecule has 1 aromatic heterocycles. The number of ether oxygens (including phenoxy) is 1. The highest BCUT2D eigenvalue weighted by molar-refractivity contribution is 5.76. The number of methoxy groups -OCH3 is 1. The van der Waals surface area contributed by atoms with E-state index in [2.05, 4.69) is 9.97 Å². The number of aliphatic carboxylic acids is 1. The Morgan fingerprint density at radius 1 is 1.61 bits per heavy atom. The zero-order valence-corrected chi connectivity index (χ0v) is 11.1. The van der Waals surface area contributed by atoms with Crippen molar-refractivity contribution in [2.75, 3.05) is 7.11 Å². The van der Waals surface area contributed by atoms with E-state index >= 15 is 0 Å². The maximum Gasteiger partial charge on any atom is 0.312 e. The van der Waals surface area contributed by atoms with Crippen LogP contribution in [0.5, 0.6) is 0 Å². The molecule has 0 saturated heterocycles. The molecule has 2 rings (SSSR count). The molecular formula is C13H20N2O3.